The van der Waals surface area contributed by atoms with E-state index in [-0.39, 0.29) is 35.9 Å². The van der Waals surface area contributed by atoms with Crippen molar-refractivity contribution in [3.05, 3.63) is 52.3 Å². The second kappa shape index (κ2) is 7.02. The molecule has 1 aliphatic heterocycles. The van der Waals surface area contributed by atoms with E-state index in [1.54, 1.807) is 35.4 Å². The second-order valence-corrected chi connectivity index (χ2v) is 6.32. The van der Waals surface area contributed by atoms with Gasteiger partial charge in [-0.25, -0.2) is 4.68 Å². The fourth-order valence-electron chi connectivity index (χ4n) is 3.15. The summed E-state index contributed by atoms with van der Waals surface area (Å²) in [7, 11) is 0. The molecular weight excluding hydrogens is 324 g/mol. The monoisotopic (exact) mass is 344 g/mol. The summed E-state index contributed by atoms with van der Waals surface area (Å²) in [6.45, 7) is 2.53. The van der Waals surface area contributed by atoms with Crippen molar-refractivity contribution in [1.82, 2.24) is 14.7 Å². The van der Waals surface area contributed by atoms with Gasteiger partial charge in [0.15, 0.2) is 5.69 Å². The van der Waals surface area contributed by atoms with Crippen LogP contribution in [0, 0.1) is 16.0 Å². The maximum Gasteiger partial charge on any atom is 0.294 e. The van der Waals surface area contributed by atoms with Crippen LogP contribution >= 0.6 is 0 Å². The molecule has 2 atom stereocenters. The summed E-state index contributed by atoms with van der Waals surface area (Å²) in [6, 6.07) is 7.90. The molecule has 2 aromatic rings. The largest absolute Gasteiger partial charge is 0.396 e. The van der Waals surface area contributed by atoms with Crippen LogP contribution in [-0.4, -0.2) is 49.8 Å². The zero-order valence-electron chi connectivity index (χ0n) is 13.9. The lowest BCUT2D eigenvalue weighted by molar-refractivity contribution is -0.384. The number of para-hydroxylation sites is 2. The molecule has 132 valence electrons. The molecule has 25 heavy (non-hydrogen) atoms. The quantitative estimate of drug-likeness (QED) is 0.675. The lowest BCUT2D eigenvalue weighted by atomic mass is 9.94. The second-order valence-electron chi connectivity index (χ2n) is 6.32. The van der Waals surface area contributed by atoms with Crippen LogP contribution in [0.1, 0.15) is 30.3 Å². The molecule has 1 N–H and O–H groups in total. The van der Waals surface area contributed by atoms with E-state index in [4.69, 9.17) is 0 Å². The third-order valence-corrected chi connectivity index (χ3v) is 4.63. The number of hydrogen-bond donors (Lipinski definition) is 1. The van der Waals surface area contributed by atoms with Gasteiger partial charge < -0.3 is 10.0 Å². The summed E-state index contributed by atoms with van der Waals surface area (Å²) in [4.78, 5) is 25.2. The Morgan fingerprint density at radius 3 is 2.84 bits per heavy atom. The van der Waals surface area contributed by atoms with Gasteiger partial charge in [0.1, 0.15) is 5.69 Å². The van der Waals surface area contributed by atoms with Crippen LogP contribution in [0.3, 0.4) is 0 Å². The first kappa shape index (κ1) is 17.1. The van der Waals surface area contributed by atoms with Gasteiger partial charge in [-0.15, -0.1) is 0 Å². The normalized spacial score (nSPS) is 20.5. The molecular formula is C17H20N4O4. The molecule has 0 bridgehead atoms. The van der Waals surface area contributed by atoms with E-state index in [1.165, 1.54) is 10.7 Å². The first-order valence-electron chi connectivity index (χ1n) is 8.22. The number of likely N-dealkylation sites (tertiary alicyclic amines) is 1. The van der Waals surface area contributed by atoms with E-state index >= 15 is 0 Å². The van der Waals surface area contributed by atoms with Crippen molar-refractivity contribution in [2.75, 3.05) is 13.2 Å². The van der Waals surface area contributed by atoms with Crippen LogP contribution in [0.2, 0.25) is 0 Å². The summed E-state index contributed by atoms with van der Waals surface area (Å²) in [5.74, 6) is -0.138. The minimum absolute atomic E-state index is 0.0567. The van der Waals surface area contributed by atoms with E-state index < -0.39 is 4.92 Å². The van der Waals surface area contributed by atoms with Gasteiger partial charge in [0, 0.05) is 31.5 Å². The smallest absolute Gasteiger partial charge is 0.294 e. The number of carbonyl (C=O) groups excluding carboxylic acids is 1. The van der Waals surface area contributed by atoms with Crippen molar-refractivity contribution in [2.45, 2.75) is 25.8 Å². The molecule has 3 rings (SSSR count). The number of nitro groups is 1. The summed E-state index contributed by atoms with van der Waals surface area (Å²) in [6.07, 6.45) is 3.28. The highest BCUT2D eigenvalue weighted by atomic mass is 16.6. The first-order valence-corrected chi connectivity index (χ1v) is 8.22. The zero-order valence-corrected chi connectivity index (χ0v) is 13.9. The van der Waals surface area contributed by atoms with Crippen LogP contribution in [0.15, 0.2) is 36.5 Å². The first-order chi connectivity index (χ1) is 12.0. The molecule has 1 aliphatic rings. The summed E-state index contributed by atoms with van der Waals surface area (Å²) >= 11 is 0. The molecule has 2 heterocycles. The Kier molecular flexibility index (Phi) is 4.80. The molecule has 1 fully saturated rings. The van der Waals surface area contributed by atoms with E-state index in [2.05, 4.69) is 5.10 Å². The molecule has 0 radical (unpaired) electrons. The van der Waals surface area contributed by atoms with Gasteiger partial charge in [0.05, 0.1) is 4.92 Å². The van der Waals surface area contributed by atoms with Gasteiger partial charge >= 0.3 is 0 Å². The number of aliphatic hydroxyl groups is 1. The Hall–Kier alpha value is -2.74. The standard InChI is InChI=1S/C17H20N4O4/c1-12-6-7-13(11-22)10-19(12)17(23)14-8-9-20(18-14)15-4-2-3-5-16(15)21(24)25/h2-5,8-9,12-13,22H,6-7,10-11H2,1H3. The Morgan fingerprint density at radius 2 is 2.12 bits per heavy atom. The van der Waals surface area contributed by atoms with Crippen LogP contribution in [0.5, 0.6) is 0 Å². The fourth-order valence-corrected chi connectivity index (χ4v) is 3.15. The highest BCUT2D eigenvalue weighted by Gasteiger charge is 2.30. The average Bonchev–Trinajstić information content (AvgIpc) is 3.11. The molecule has 8 heteroatoms. The zero-order chi connectivity index (χ0) is 18.0. The van der Waals surface area contributed by atoms with Gasteiger partial charge in [-0.05, 0) is 37.8 Å². The Labute approximate surface area is 144 Å². The molecule has 1 aromatic carbocycles. The molecule has 0 aliphatic carbocycles. The Morgan fingerprint density at radius 1 is 1.36 bits per heavy atom. The van der Waals surface area contributed by atoms with Gasteiger partial charge in [-0.1, -0.05) is 12.1 Å². The summed E-state index contributed by atoms with van der Waals surface area (Å²) < 4.78 is 1.35. The number of carbonyl (C=O) groups is 1. The number of hydrogen-bond acceptors (Lipinski definition) is 5. The van der Waals surface area contributed by atoms with Crippen LogP contribution in [0.4, 0.5) is 5.69 Å². The Balaban J connectivity index is 1.86. The topological polar surface area (TPSA) is 102 Å². The predicted octanol–water partition coefficient (Wildman–Crippen LogP) is 2.01. The fraction of sp³-hybridized carbons (Fsp3) is 0.412. The molecule has 1 saturated heterocycles. The van der Waals surface area contributed by atoms with Crippen LogP contribution in [0.25, 0.3) is 5.69 Å². The number of aromatic nitrogens is 2. The van der Waals surface area contributed by atoms with Crippen molar-refractivity contribution in [2.24, 2.45) is 5.92 Å². The SMILES string of the molecule is CC1CCC(CO)CN1C(=O)c1ccn(-c2ccccc2[N+](=O)[O-])n1. The highest BCUT2D eigenvalue weighted by molar-refractivity contribution is 5.92. The predicted molar refractivity (Wildman–Crippen MR) is 90.5 cm³/mol. The summed E-state index contributed by atoms with van der Waals surface area (Å²) in [5, 5.41) is 24.8. The lowest BCUT2D eigenvalue weighted by Crippen LogP contribution is -2.46. The minimum atomic E-state index is -0.475. The minimum Gasteiger partial charge on any atom is -0.396 e. The number of nitro benzene ring substituents is 1. The molecule has 2 unspecified atom stereocenters. The number of rotatable bonds is 4. The van der Waals surface area contributed by atoms with Crippen molar-refractivity contribution in [1.29, 1.82) is 0 Å². The van der Waals surface area contributed by atoms with Crippen molar-refractivity contribution in [3.63, 3.8) is 0 Å². The number of benzene rings is 1. The van der Waals surface area contributed by atoms with Gasteiger partial charge in [0.25, 0.3) is 11.6 Å². The van der Waals surface area contributed by atoms with Crippen molar-refractivity contribution >= 4 is 11.6 Å². The van der Waals surface area contributed by atoms with Gasteiger partial charge in [0.2, 0.25) is 0 Å². The van der Waals surface area contributed by atoms with E-state index in [0.717, 1.165) is 12.8 Å². The molecule has 8 nitrogen and oxygen atoms in total. The molecule has 1 amide bonds. The summed E-state index contributed by atoms with van der Waals surface area (Å²) in [5.41, 5.74) is 0.478. The number of piperidine rings is 1. The van der Waals surface area contributed by atoms with Crippen molar-refractivity contribution in [3.8, 4) is 5.69 Å². The Bertz CT molecular complexity index is 788. The van der Waals surface area contributed by atoms with E-state index in [0.29, 0.717) is 12.2 Å². The highest BCUT2D eigenvalue weighted by Crippen LogP contribution is 2.25. The van der Waals surface area contributed by atoms with Crippen LogP contribution in [-0.2, 0) is 0 Å². The maximum atomic E-state index is 12.8. The van der Waals surface area contributed by atoms with E-state index in [9.17, 15) is 20.0 Å². The third kappa shape index (κ3) is 3.39. The molecule has 0 saturated carbocycles. The molecule has 0 spiro atoms. The van der Waals surface area contributed by atoms with E-state index in [1.807, 2.05) is 6.92 Å². The lowest BCUT2D eigenvalue weighted by Gasteiger charge is -2.37. The third-order valence-electron chi connectivity index (χ3n) is 4.63. The van der Waals surface area contributed by atoms with Gasteiger partial charge in [-0.3, -0.25) is 14.9 Å². The van der Waals surface area contributed by atoms with Crippen LogP contribution < -0.4 is 0 Å². The number of nitrogens with zero attached hydrogens (tertiary/aromatic N) is 4. The number of amides is 1. The van der Waals surface area contributed by atoms with Gasteiger partial charge in [-0.2, -0.15) is 5.10 Å². The number of aliphatic hydroxyl groups excluding tert-OH is 1. The maximum absolute atomic E-state index is 12.8. The molecule has 1 aromatic heterocycles. The van der Waals surface area contributed by atoms with Crippen molar-refractivity contribution < 1.29 is 14.8 Å². The average molecular weight is 344 g/mol.